The topological polar surface area (TPSA) is 54.5 Å². The number of hydrogen-bond donors (Lipinski definition) is 1. The van der Waals surface area contributed by atoms with Crippen LogP contribution < -0.4 is 10.1 Å². The van der Waals surface area contributed by atoms with E-state index in [1.54, 1.807) is 24.3 Å². The van der Waals surface area contributed by atoms with Gasteiger partial charge in [0.2, 0.25) is 0 Å². The molecular weight excluding hydrogens is 302 g/mol. The average molecular weight is 327 g/mol. The van der Waals surface area contributed by atoms with E-state index in [0.29, 0.717) is 6.54 Å². The summed E-state index contributed by atoms with van der Waals surface area (Å²) in [4.78, 5) is 18.1. The van der Waals surface area contributed by atoms with Crippen molar-refractivity contribution in [1.82, 2.24) is 15.2 Å². The van der Waals surface area contributed by atoms with Crippen molar-refractivity contribution < 1.29 is 9.53 Å². The van der Waals surface area contributed by atoms with Crippen LogP contribution in [0.4, 0.5) is 4.79 Å². The van der Waals surface area contributed by atoms with Gasteiger partial charge in [-0.25, -0.2) is 4.79 Å². The molecule has 0 spiro atoms. The summed E-state index contributed by atoms with van der Waals surface area (Å²) in [5, 5.41) is 2.94. The molecule has 2 rings (SSSR count). The first-order chi connectivity index (χ1) is 11.5. The number of aromatic nitrogens is 1. The quantitative estimate of drug-likeness (QED) is 0.878. The van der Waals surface area contributed by atoms with Gasteiger partial charge in [-0.2, -0.15) is 0 Å². The molecule has 0 bridgehead atoms. The summed E-state index contributed by atoms with van der Waals surface area (Å²) in [7, 11) is 1.78. The summed E-state index contributed by atoms with van der Waals surface area (Å²) in [6.45, 7) is 6.42. The second kappa shape index (κ2) is 8.34. The van der Waals surface area contributed by atoms with E-state index in [2.05, 4.69) is 10.3 Å². The number of urea groups is 1. The largest absolute Gasteiger partial charge is 0.491 e. The number of nitrogens with zero attached hydrogens (tertiary/aromatic N) is 2. The van der Waals surface area contributed by atoms with Crippen LogP contribution in [0.15, 0.2) is 48.8 Å². The molecule has 2 amide bonds. The standard InChI is InChI=1S/C19H25N3O2/c1-14(2)24-18-9-5-7-16(11-18)12-21-19(23)22(4)15(3)17-8-6-10-20-13-17/h5-11,13-15H,12H2,1-4H3,(H,21,23). The molecule has 5 nitrogen and oxygen atoms in total. The van der Waals surface area contributed by atoms with Crippen molar-refractivity contribution in [2.45, 2.75) is 39.5 Å². The van der Waals surface area contributed by atoms with Gasteiger partial charge in [0.05, 0.1) is 12.1 Å². The highest BCUT2D eigenvalue weighted by atomic mass is 16.5. The zero-order valence-corrected chi connectivity index (χ0v) is 14.7. The number of rotatable bonds is 6. The Hall–Kier alpha value is -2.56. The fourth-order valence-corrected chi connectivity index (χ4v) is 2.33. The minimum atomic E-state index is -0.124. The predicted octanol–water partition coefficient (Wildman–Crippen LogP) is 3.77. The minimum absolute atomic E-state index is 0.0469. The molecule has 2 aromatic rings. The third-order valence-electron chi connectivity index (χ3n) is 3.78. The van der Waals surface area contributed by atoms with Crippen molar-refractivity contribution in [1.29, 1.82) is 0 Å². The lowest BCUT2D eigenvalue weighted by atomic mass is 10.1. The fraction of sp³-hybridized carbons (Fsp3) is 0.368. The highest BCUT2D eigenvalue weighted by molar-refractivity contribution is 5.74. The maximum Gasteiger partial charge on any atom is 0.317 e. The Morgan fingerprint density at radius 2 is 2.04 bits per heavy atom. The molecular formula is C19H25N3O2. The van der Waals surface area contributed by atoms with Crippen molar-refractivity contribution in [3.05, 3.63) is 59.9 Å². The van der Waals surface area contributed by atoms with Gasteiger partial charge in [-0.1, -0.05) is 18.2 Å². The van der Waals surface area contributed by atoms with Crippen LogP contribution in [0.5, 0.6) is 5.75 Å². The zero-order chi connectivity index (χ0) is 17.5. The van der Waals surface area contributed by atoms with E-state index >= 15 is 0 Å². The molecule has 0 fully saturated rings. The SMILES string of the molecule is CC(C)Oc1cccc(CNC(=O)N(C)C(C)c2cccnc2)c1. The van der Waals surface area contributed by atoms with Crippen molar-refractivity contribution in [3.63, 3.8) is 0 Å². The van der Waals surface area contributed by atoms with Gasteiger partial charge >= 0.3 is 6.03 Å². The van der Waals surface area contributed by atoms with Crippen LogP contribution >= 0.6 is 0 Å². The van der Waals surface area contributed by atoms with Gasteiger partial charge in [-0.15, -0.1) is 0 Å². The number of benzene rings is 1. The second-order valence-corrected chi connectivity index (χ2v) is 6.05. The number of carbonyl (C=O) groups is 1. The first kappa shape index (κ1) is 17.8. The lowest BCUT2D eigenvalue weighted by Gasteiger charge is -2.25. The molecule has 0 aliphatic rings. The van der Waals surface area contributed by atoms with E-state index in [1.165, 1.54) is 0 Å². The lowest BCUT2D eigenvalue weighted by Crippen LogP contribution is -2.38. The number of amides is 2. The monoisotopic (exact) mass is 327 g/mol. The van der Waals surface area contributed by atoms with Gasteiger partial charge in [0.1, 0.15) is 5.75 Å². The van der Waals surface area contributed by atoms with Gasteiger partial charge in [-0.05, 0) is 50.1 Å². The van der Waals surface area contributed by atoms with E-state index in [0.717, 1.165) is 16.9 Å². The second-order valence-electron chi connectivity index (χ2n) is 6.05. The summed E-state index contributed by atoms with van der Waals surface area (Å²) in [5.74, 6) is 0.814. The van der Waals surface area contributed by atoms with E-state index < -0.39 is 0 Å². The zero-order valence-electron chi connectivity index (χ0n) is 14.7. The van der Waals surface area contributed by atoms with Gasteiger partial charge < -0.3 is 15.0 Å². The third kappa shape index (κ3) is 4.98. The Morgan fingerprint density at radius 1 is 1.25 bits per heavy atom. The van der Waals surface area contributed by atoms with Crippen LogP contribution in [0.2, 0.25) is 0 Å². The number of ether oxygens (including phenoxy) is 1. The van der Waals surface area contributed by atoms with Gasteiger partial charge in [0.25, 0.3) is 0 Å². The average Bonchev–Trinajstić information content (AvgIpc) is 2.59. The molecule has 0 saturated heterocycles. The van der Waals surface area contributed by atoms with Crippen LogP contribution in [-0.4, -0.2) is 29.1 Å². The Bertz CT molecular complexity index is 659. The molecule has 0 radical (unpaired) electrons. The fourth-order valence-electron chi connectivity index (χ4n) is 2.33. The summed E-state index contributed by atoms with van der Waals surface area (Å²) in [6.07, 6.45) is 3.63. The molecule has 1 unspecified atom stereocenters. The Balaban J connectivity index is 1.93. The van der Waals surface area contributed by atoms with Gasteiger partial charge in [-0.3, -0.25) is 4.98 Å². The van der Waals surface area contributed by atoms with E-state index in [4.69, 9.17) is 4.74 Å². The summed E-state index contributed by atoms with van der Waals surface area (Å²) in [5.41, 5.74) is 2.01. The van der Waals surface area contributed by atoms with Crippen molar-refractivity contribution >= 4 is 6.03 Å². The van der Waals surface area contributed by atoms with Crippen LogP contribution in [-0.2, 0) is 6.54 Å². The van der Waals surface area contributed by atoms with Gasteiger partial charge in [0.15, 0.2) is 0 Å². The number of hydrogen-bond acceptors (Lipinski definition) is 3. The molecule has 1 aromatic carbocycles. The first-order valence-electron chi connectivity index (χ1n) is 8.13. The lowest BCUT2D eigenvalue weighted by molar-refractivity contribution is 0.194. The molecule has 0 aliphatic carbocycles. The predicted molar refractivity (Wildman–Crippen MR) is 94.9 cm³/mol. The Morgan fingerprint density at radius 3 is 2.71 bits per heavy atom. The molecule has 1 N–H and O–H groups in total. The normalized spacial score (nSPS) is 11.9. The minimum Gasteiger partial charge on any atom is -0.491 e. The molecule has 24 heavy (non-hydrogen) atoms. The molecule has 5 heteroatoms. The summed E-state index contributed by atoms with van der Waals surface area (Å²) >= 11 is 0. The van der Waals surface area contributed by atoms with Crippen LogP contribution in [0, 0.1) is 0 Å². The molecule has 1 atom stereocenters. The highest BCUT2D eigenvalue weighted by Gasteiger charge is 2.17. The Labute approximate surface area is 143 Å². The number of nitrogens with one attached hydrogen (secondary N) is 1. The van der Waals surface area contributed by atoms with Crippen molar-refractivity contribution in [2.24, 2.45) is 0 Å². The van der Waals surface area contributed by atoms with E-state index in [-0.39, 0.29) is 18.2 Å². The summed E-state index contributed by atoms with van der Waals surface area (Å²) < 4.78 is 5.68. The van der Waals surface area contributed by atoms with Gasteiger partial charge in [0, 0.05) is 26.0 Å². The Kier molecular flexibility index (Phi) is 6.18. The van der Waals surface area contributed by atoms with Crippen LogP contribution in [0.1, 0.15) is 37.9 Å². The maximum absolute atomic E-state index is 12.4. The third-order valence-corrected chi connectivity index (χ3v) is 3.78. The number of pyridine rings is 1. The summed E-state index contributed by atoms with van der Waals surface area (Å²) in [6, 6.07) is 11.4. The highest BCUT2D eigenvalue weighted by Crippen LogP contribution is 2.18. The van der Waals surface area contributed by atoms with Crippen LogP contribution in [0.3, 0.4) is 0 Å². The van der Waals surface area contributed by atoms with E-state index in [9.17, 15) is 4.79 Å². The molecule has 1 heterocycles. The number of carbonyl (C=O) groups excluding carboxylic acids is 1. The smallest absolute Gasteiger partial charge is 0.317 e. The van der Waals surface area contributed by atoms with Crippen LogP contribution in [0.25, 0.3) is 0 Å². The van der Waals surface area contributed by atoms with Crippen molar-refractivity contribution in [3.8, 4) is 5.75 Å². The molecule has 0 saturated carbocycles. The first-order valence-corrected chi connectivity index (χ1v) is 8.13. The molecule has 128 valence electrons. The van der Waals surface area contributed by atoms with Crippen molar-refractivity contribution in [2.75, 3.05) is 7.05 Å². The molecule has 1 aromatic heterocycles. The van der Waals surface area contributed by atoms with E-state index in [1.807, 2.05) is 57.2 Å². The molecule has 0 aliphatic heterocycles. The maximum atomic E-state index is 12.4.